The fourth-order valence-corrected chi connectivity index (χ4v) is 2.05. The SMILES string of the molecule is COc1ccc(NC(=O)Cn2cc(NC(=O)C(C)C)nn2)cc1Cl. The summed E-state index contributed by atoms with van der Waals surface area (Å²) in [5.74, 6) is 0.186. The van der Waals surface area contributed by atoms with Gasteiger partial charge in [-0.15, -0.1) is 5.10 Å². The number of aromatic nitrogens is 3. The van der Waals surface area contributed by atoms with E-state index in [1.165, 1.54) is 18.0 Å². The molecule has 2 rings (SSSR count). The van der Waals surface area contributed by atoms with Crippen molar-refractivity contribution in [3.8, 4) is 5.75 Å². The van der Waals surface area contributed by atoms with E-state index in [0.29, 0.717) is 22.3 Å². The van der Waals surface area contributed by atoms with Crippen molar-refractivity contribution in [1.82, 2.24) is 15.0 Å². The summed E-state index contributed by atoms with van der Waals surface area (Å²) in [7, 11) is 1.51. The Hall–Kier alpha value is -2.61. The van der Waals surface area contributed by atoms with Gasteiger partial charge in [-0.2, -0.15) is 0 Å². The number of halogens is 1. The Morgan fingerprint density at radius 3 is 2.71 bits per heavy atom. The predicted octanol–water partition coefficient (Wildman–Crippen LogP) is 2.17. The van der Waals surface area contributed by atoms with E-state index in [1.807, 2.05) is 0 Å². The zero-order valence-corrected chi connectivity index (χ0v) is 14.3. The highest BCUT2D eigenvalue weighted by Gasteiger charge is 2.11. The van der Waals surface area contributed by atoms with Crippen LogP contribution in [0.5, 0.6) is 5.75 Å². The second-order valence-electron chi connectivity index (χ2n) is 5.34. The number of anilines is 2. The first-order valence-electron chi connectivity index (χ1n) is 7.23. The van der Waals surface area contributed by atoms with Crippen LogP contribution in [0.2, 0.25) is 5.02 Å². The Bertz CT molecular complexity index is 744. The smallest absolute Gasteiger partial charge is 0.246 e. The van der Waals surface area contributed by atoms with E-state index in [2.05, 4.69) is 20.9 Å². The topological polar surface area (TPSA) is 98.1 Å². The molecular weight excluding hydrogens is 334 g/mol. The van der Waals surface area contributed by atoms with Crippen LogP contribution in [0.3, 0.4) is 0 Å². The van der Waals surface area contributed by atoms with Crippen molar-refractivity contribution in [3.63, 3.8) is 0 Å². The van der Waals surface area contributed by atoms with E-state index >= 15 is 0 Å². The largest absolute Gasteiger partial charge is 0.495 e. The molecule has 0 unspecified atom stereocenters. The van der Waals surface area contributed by atoms with Gasteiger partial charge in [0.25, 0.3) is 0 Å². The second kappa shape index (κ2) is 7.78. The zero-order valence-electron chi connectivity index (χ0n) is 13.5. The number of hydrogen-bond acceptors (Lipinski definition) is 5. The molecule has 9 heteroatoms. The van der Waals surface area contributed by atoms with Crippen LogP contribution in [-0.2, 0) is 16.1 Å². The highest BCUT2D eigenvalue weighted by Crippen LogP contribution is 2.27. The molecule has 0 spiro atoms. The van der Waals surface area contributed by atoms with Gasteiger partial charge in [0.1, 0.15) is 12.3 Å². The minimum absolute atomic E-state index is 0.0474. The minimum atomic E-state index is -0.303. The van der Waals surface area contributed by atoms with Crippen LogP contribution in [0.25, 0.3) is 0 Å². The summed E-state index contributed by atoms with van der Waals surface area (Å²) in [5.41, 5.74) is 0.541. The van der Waals surface area contributed by atoms with Crippen molar-refractivity contribution < 1.29 is 14.3 Å². The van der Waals surface area contributed by atoms with Crippen LogP contribution in [0, 0.1) is 5.92 Å². The van der Waals surface area contributed by atoms with Crippen LogP contribution >= 0.6 is 11.6 Å². The highest BCUT2D eigenvalue weighted by atomic mass is 35.5. The van der Waals surface area contributed by atoms with Crippen molar-refractivity contribution in [1.29, 1.82) is 0 Å². The molecule has 2 N–H and O–H groups in total. The van der Waals surface area contributed by atoms with Crippen molar-refractivity contribution in [2.24, 2.45) is 5.92 Å². The van der Waals surface area contributed by atoms with E-state index in [-0.39, 0.29) is 24.3 Å². The molecule has 0 saturated carbocycles. The van der Waals surface area contributed by atoms with Gasteiger partial charge in [0.05, 0.1) is 18.3 Å². The summed E-state index contributed by atoms with van der Waals surface area (Å²) in [6.45, 7) is 3.49. The lowest BCUT2D eigenvalue weighted by Gasteiger charge is -2.08. The fourth-order valence-electron chi connectivity index (χ4n) is 1.80. The maximum atomic E-state index is 12.0. The number of ether oxygens (including phenoxy) is 1. The average molecular weight is 352 g/mol. The summed E-state index contributed by atoms with van der Waals surface area (Å²) < 4.78 is 6.38. The van der Waals surface area contributed by atoms with Crippen LogP contribution in [0.15, 0.2) is 24.4 Å². The summed E-state index contributed by atoms with van der Waals surface area (Å²) in [5, 5.41) is 13.3. The molecule has 0 atom stereocenters. The molecule has 0 aliphatic carbocycles. The van der Waals surface area contributed by atoms with E-state index < -0.39 is 0 Å². The monoisotopic (exact) mass is 351 g/mol. The normalized spacial score (nSPS) is 10.5. The van der Waals surface area contributed by atoms with Crippen LogP contribution in [-0.4, -0.2) is 33.9 Å². The molecule has 24 heavy (non-hydrogen) atoms. The maximum absolute atomic E-state index is 12.0. The molecule has 0 bridgehead atoms. The molecule has 128 valence electrons. The van der Waals surface area contributed by atoms with E-state index in [9.17, 15) is 9.59 Å². The molecule has 0 radical (unpaired) electrons. The lowest BCUT2D eigenvalue weighted by atomic mass is 10.2. The molecule has 2 aromatic rings. The van der Waals surface area contributed by atoms with Crippen molar-refractivity contribution in [2.45, 2.75) is 20.4 Å². The van der Waals surface area contributed by atoms with E-state index in [1.54, 1.807) is 32.0 Å². The average Bonchev–Trinajstić information content (AvgIpc) is 2.94. The Balaban J connectivity index is 1.94. The number of methoxy groups -OCH3 is 1. The van der Waals surface area contributed by atoms with Gasteiger partial charge in [-0.1, -0.05) is 30.7 Å². The van der Waals surface area contributed by atoms with Crippen molar-refractivity contribution in [2.75, 3.05) is 17.7 Å². The van der Waals surface area contributed by atoms with E-state index in [4.69, 9.17) is 16.3 Å². The van der Waals surface area contributed by atoms with Crippen LogP contribution in [0.4, 0.5) is 11.5 Å². The molecule has 8 nitrogen and oxygen atoms in total. The van der Waals surface area contributed by atoms with Gasteiger partial charge in [0, 0.05) is 11.6 Å². The highest BCUT2D eigenvalue weighted by molar-refractivity contribution is 6.32. The van der Waals surface area contributed by atoms with Crippen LogP contribution in [0.1, 0.15) is 13.8 Å². The van der Waals surface area contributed by atoms with Gasteiger partial charge in [-0.05, 0) is 18.2 Å². The number of rotatable bonds is 6. The van der Waals surface area contributed by atoms with Gasteiger partial charge in [-0.3, -0.25) is 9.59 Å². The standard InChI is InChI=1S/C15H18ClN5O3/c1-9(2)15(23)18-13-7-21(20-19-13)8-14(22)17-10-4-5-12(24-3)11(16)6-10/h4-7,9H,8H2,1-3H3,(H,17,22)(H,18,23). The van der Waals surface area contributed by atoms with Gasteiger partial charge >= 0.3 is 0 Å². The number of hydrogen-bond donors (Lipinski definition) is 2. The fraction of sp³-hybridized carbons (Fsp3) is 0.333. The number of nitrogens with one attached hydrogen (secondary N) is 2. The van der Waals surface area contributed by atoms with Gasteiger partial charge in [0.15, 0.2) is 5.82 Å². The number of carbonyl (C=O) groups is 2. The van der Waals surface area contributed by atoms with Gasteiger partial charge in [0.2, 0.25) is 11.8 Å². The molecule has 0 aliphatic rings. The Kier molecular flexibility index (Phi) is 5.75. The zero-order chi connectivity index (χ0) is 17.7. The number of amides is 2. The number of carbonyl (C=O) groups excluding carboxylic acids is 2. The van der Waals surface area contributed by atoms with E-state index in [0.717, 1.165) is 0 Å². The maximum Gasteiger partial charge on any atom is 0.246 e. The first kappa shape index (κ1) is 17.7. The second-order valence-corrected chi connectivity index (χ2v) is 5.75. The Morgan fingerprint density at radius 1 is 1.33 bits per heavy atom. The third-order valence-corrected chi connectivity index (χ3v) is 3.35. The third kappa shape index (κ3) is 4.69. The molecule has 2 amide bonds. The Labute approximate surface area is 144 Å². The van der Waals surface area contributed by atoms with Gasteiger partial charge < -0.3 is 15.4 Å². The Morgan fingerprint density at radius 2 is 2.08 bits per heavy atom. The third-order valence-electron chi connectivity index (χ3n) is 3.06. The predicted molar refractivity (Wildman–Crippen MR) is 90.1 cm³/mol. The molecular formula is C15H18ClN5O3. The van der Waals surface area contributed by atoms with Crippen molar-refractivity contribution in [3.05, 3.63) is 29.4 Å². The summed E-state index contributed by atoms with van der Waals surface area (Å²) in [4.78, 5) is 23.6. The number of benzene rings is 1. The lowest BCUT2D eigenvalue weighted by molar-refractivity contribution is -0.119. The summed E-state index contributed by atoms with van der Waals surface area (Å²) in [6.07, 6.45) is 1.49. The summed E-state index contributed by atoms with van der Waals surface area (Å²) >= 11 is 6.01. The molecule has 1 aromatic carbocycles. The molecule has 0 aliphatic heterocycles. The quantitative estimate of drug-likeness (QED) is 0.831. The number of nitrogens with zero attached hydrogens (tertiary/aromatic N) is 3. The minimum Gasteiger partial charge on any atom is -0.495 e. The molecule has 1 aromatic heterocycles. The molecule has 0 saturated heterocycles. The summed E-state index contributed by atoms with van der Waals surface area (Å²) in [6, 6.07) is 4.93. The lowest BCUT2D eigenvalue weighted by Crippen LogP contribution is -2.19. The van der Waals surface area contributed by atoms with Crippen molar-refractivity contribution >= 4 is 34.9 Å². The molecule has 1 heterocycles. The van der Waals surface area contributed by atoms with Gasteiger partial charge in [-0.25, -0.2) is 4.68 Å². The first-order chi connectivity index (χ1) is 11.4. The first-order valence-corrected chi connectivity index (χ1v) is 7.61. The molecule has 0 fully saturated rings. The van der Waals surface area contributed by atoms with Crippen LogP contribution < -0.4 is 15.4 Å².